The zero-order valence-corrected chi connectivity index (χ0v) is 3.00. The van der Waals surface area contributed by atoms with Crippen LogP contribution in [0.4, 0.5) is 4.11 Å². The highest BCUT2D eigenvalue weighted by Crippen LogP contribution is 1.57. The van der Waals surface area contributed by atoms with Gasteiger partial charge in [0, 0.05) is 0 Å². The van der Waals surface area contributed by atoms with Gasteiger partial charge in [-0.2, -0.15) is 0 Å². The van der Waals surface area contributed by atoms with Gasteiger partial charge in [0.25, 0.3) is 0 Å². The van der Waals surface area contributed by atoms with Crippen LogP contribution in [-0.4, -0.2) is 19.2 Å². The van der Waals surface area contributed by atoms with Gasteiger partial charge >= 0.3 is 9.62 Å². The van der Waals surface area contributed by atoms with Gasteiger partial charge in [-0.15, -0.1) is 0 Å². The minimum Gasteiger partial charge on any atom is -0.389 e. The molecule has 0 rings (SSSR count). The van der Waals surface area contributed by atoms with E-state index in [1.807, 2.05) is 0 Å². The average molecular weight is 82.1 g/mol. The molecule has 0 unspecified atom stereocenters. The first-order valence-electron chi connectivity index (χ1n) is 0.735. The molecular formula is H3FO2Si. The lowest BCUT2D eigenvalue weighted by Gasteiger charge is -1.70. The quantitative estimate of drug-likeness (QED) is 0.280. The van der Waals surface area contributed by atoms with Crippen molar-refractivity contribution in [3.63, 3.8) is 0 Å². The first kappa shape index (κ1) is 4.07. The maximum Gasteiger partial charge on any atom is 0.518 e. The molecule has 4 heavy (non-hydrogen) atoms. The third kappa shape index (κ3) is 526. The Morgan fingerprint density at radius 3 is 1.50 bits per heavy atom. The first-order chi connectivity index (χ1) is 1.73. The molecule has 0 aliphatic rings. The van der Waals surface area contributed by atoms with Crippen molar-refractivity contribution in [2.45, 2.75) is 0 Å². The molecule has 0 aliphatic carbocycles. The second-order valence-electron chi connectivity index (χ2n) is 0.311. The maximum absolute atomic E-state index is 10.2. The van der Waals surface area contributed by atoms with Crippen LogP contribution in [0, 0.1) is 0 Å². The highest BCUT2D eigenvalue weighted by molar-refractivity contribution is 6.31. The molecular weight excluding hydrogens is 79.1 g/mol. The Hall–Kier alpha value is 0.0669. The Morgan fingerprint density at radius 1 is 1.50 bits per heavy atom. The molecule has 0 saturated heterocycles. The van der Waals surface area contributed by atoms with Gasteiger partial charge in [0.15, 0.2) is 0 Å². The molecule has 2 N–H and O–H groups in total. The van der Waals surface area contributed by atoms with E-state index in [-0.39, 0.29) is 0 Å². The summed E-state index contributed by atoms with van der Waals surface area (Å²) < 4.78 is 10.2. The molecule has 0 spiro atoms. The highest BCUT2D eigenvalue weighted by Gasteiger charge is 1.87. The van der Waals surface area contributed by atoms with Crippen molar-refractivity contribution in [2.75, 3.05) is 0 Å². The SMILES string of the molecule is O[SiH](O)F. The van der Waals surface area contributed by atoms with Crippen LogP contribution in [0.15, 0.2) is 0 Å². The molecule has 4 heteroatoms. The molecule has 0 saturated carbocycles. The van der Waals surface area contributed by atoms with Crippen molar-refractivity contribution >= 4 is 9.62 Å². The van der Waals surface area contributed by atoms with Crippen molar-refractivity contribution in [2.24, 2.45) is 0 Å². The molecule has 0 heterocycles. The van der Waals surface area contributed by atoms with Crippen LogP contribution in [-0.2, 0) is 0 Å². The fourth-order valence-electron chi connectivity index (χ4n) is 0. The van der Waals surface area contributed by atoms with E-state index in [0.717, 1.165) is 0 Å². The summed E-state index contributed by atoms with van der Waals surface area (Å²) in [7, 11) is -3.64. The van der Waals surface area contributed by atoms with Crippen LogP contribution >= 0.6 is 0 Å². The Morgan fingerprint density at radius 2 is 1.50 bits per heavy atom. The van der Waals surface area contributed by atoms with Crippen molar-refractivity contribution in [3.8, 4) is 0 Å². The Bertz CT molecular complexity index is 10.8. The van der Waals surface area contributed by atoms with Gasteiger partial charge in [0.2, 0.25) is 0 Å². The fourth-order valence-corrected chi connectivity index (χ4v) is 0. The molecule has 0 amide bonds. The fraction of sp³-hybridized carbons (Fsp3) is 0. The Balaban J connectivity index is 2.32. The lowest BCUT2D eigenvalue weighted by Crippen LogP contribution is -1.98. The number of rotatable bonds is 0. The molecule has 0 aromatic carbocycles. The first-order valence-corrected chi connectivity index (χ1v) is 2.20. The molecule has 26 valence electrons. The molecule has 0 bridgehead atoms. The predicted molar refractivity (Wildman–Crippen MR) is 12.7 cm³/mol. The summed E-state index contributed by atoms with van der Waals surface area (Å²) in [4.78, 5) is 14.2. The smallest absolute Gasteiger partial charge is 0.389 e. The third-order valence-electron chi connectivity index (χ3n) is 0. The Labute approximate surface area is 24.5 Å². The number of hydrogen-bond acceptors (Lipinski definition) is 2. The molecule has 2 nitrogen and oxygen atoms in total. The van der Waals surface area contributed by atoms with Crippen LogP contribution in [0.5, 0.6) is 0 Å². The summed E-state index contributed by atoms with van der Waals surface area (Å²) >= 11 is 0. The summed E-state index contributed by atoms with van der Waals surface area (Å²) in [5, 5.41) is 0. The van der Waals surface area contributed by atoms with Crippen LogP contribution < -0.4 is 0 Å². The van der Waals surface area contributed by atoms with E-state index in [2.05, 4.69) is 0 Å². The largest absolute Gasteiger partial charge is 0.518 e. The van der Waals surface area contributed by atoms with Gasteiger partial charge in [-0.1, -0.05) is 0 Å². The van der Waals surface area contributed by atoms with Crippen molar-refractivity contribution in [3.05, 3.63) is 0 Å². The number of halogens is 1. The van der Waals surface area contributed by atoms with Crippen LogP contribution in [0.25, 0.3) is 0 Å². The predicted octanol–water partition coefficient (Wildman–Crippen LogP) is -1.34. The van der Waals surface area contributed by atoms with Gasteiger partial charge in [-0.05, 0) is 0 Å². The van der Waals surface area contributed by atoms with Gasteiger partial charge in [0.1, 0.15) is 0 Å². The van der Waals surface area contributed by atoms with Crippen LogP contribution in [0.2, 0.25) is 0 Å². The molecule has 0 aliphatic heterocycles. The summed E-state index contributed by atoms with van der Waals surface area (Å²) in [5.41, 5.74) is 0. The van der Waals surface area contributed by atoms with E-state index in [4.69, 9.17) is 9.59 Å². The van der Waals surface area contributed by atoms with Gasteiger partial charge in [-0.25, -0.2) is 4.11 Å². The molecule has 0 fully saturated rings. The lowest BCUT2D eigenvalue weighted by atomic mass is 15.8. The third-order valence-corrected chi connectivity index (χ3v) is 0. The minimum atomic E-state index is -3.64. The molecule has 0 aromatic rings. The van der Waals surface area contributed by atoms with E-state index in [1.165, 1.54) is 0 Å². The lowest BCUT2D eigenvalue weighted by molar-refractivity contribution is 0.340. The van der Waals surface area contributed by atoms with Gasteiger partial charge in [0.05, 0.1) is 0 Å². The van der Waals surface area contributed by atoms with E-state index in [1.54, 1.807) is 0 Å². The zero-order valence-electron chi connectivity index (χ0n) is 1.85. The van der Waals surface area contributed by atoms with E-state index >= 15 is 0 Å². The second-order valence-corrected chi connectivity index (χ2v) is 0.932. The summed E-state index contributed by atoms with van der Waals surface area (Å²) in [6.07, 6.45) is 0. The van der Waals surface area contributed by atoms with Gasteiger partial charge in [-0.3, -0.25) is 0 Å². The minimum absolute atomic E-state index is 3.64. The number of hydrogen-bond donors (Lipinski definition) is 2. The van der Waals surface area contributed by atoms with Crippen molar-refractivity contribution in [1.29, 1.82) is 0 Å². The standard InChI is InChI=1S/FH3O2Si/c1-4(2)3/h2-4H. The molecule has 0 radical (unpaired) electrons. The van der Waals surface area contributed by atoms with Gasteiger partial charge < -0.3 is 9.59 Å². The monoisotopic (exact) mass is 82.0 g/mol. The molecule has 0 atom stereocenters. The Kier molecular flexibility index (Phi) is 1.42. The average Bonchev–Trinajstić information content (AvgIpc) is 0.811. The summed E-state index contributed by atoms with van der Waals surface area (Å²) in [6, 6.07) is 0. The highest BCUT2D eigenvalue weighted by atomic mass is 28.4. The van der Waals surface area contributed by atoms with Crippen LogP contribution in [0.3, 0.4) is 0 Å². The normalized spacial score (nSPS) is 9.00. The second kappa shape index (κ2) is 1.39. The topological polar surface area (TPSA) is 40.5 Å². The van der Waals surface area contributed by atoms with Crippen molar-refractivity contribution < 1.29 is 13.7 Å². The summed E-state index contributed by atoms with van der Waals surface area (Å²) in [6.45, 7) is 0. The van der Waals surface area contributed by atoms with Crippen LogP contribution in [0.1, 0.15) is 0 Å². The van der Waals surface area contributed by atoms with E-state index in [9.17, 15) is 4.11 Å². The molecule has 0 aromatic heterocycles. The zero-order chi connectivity index (χ0) is 3.58. The maximum atomic E-state index is 10.2. The van der Waals surface area contributed by atoms with Crippen molar-refractivity contribution in [1.82, 2.24) is 0 Å². The summed E-state index contributed by atoms with van der Waals surface area (Å²) in [5.74, 6) is 0. The van der Waals surface area contributed by atoms with E-state index in [0.29, 0.717) is 0 Å². The van der Waals surface area contributed by atoms with E-state index < -0.39 is 9.62 Å².